The van der Waals surface area contributed by atoms with Crippen LogP contribution in [-0.2, 0) is 16.1 Å². The molecule has 1 aromatic heterocycles. The number of nitrogens with one attached hydrogen (secondary N) is 1. The van der Waals surface area contributed by atoms with Crippen molar-refractivity contribution in [3.8, 4) is 0 Å². The van der Waals surface area contributed by atoms with E-state index in [0.717, 1.165) is 45.2 Å². The van der Waals surface area contributed by atoms with E-state index in [2.05, 4.69) is 25.2 Å². The van der Waals surface area contributed by atoms with Gasteiger partial charge >= 0.3 is 0 Å². The molecule has 0 aliphatic carbocycles. The minimum Gasteiger partial charge on any atom is -0.378 e. The second-order valence-electron chi connectivity index (χ2n) is 7.01. The highest BCUT2D eigenvalue weighted by Crippen LogP contribution is 2.05. The molecule has 9 nitrogen and oxygen atoms in total. The number of morpholine rings is 1. The standard InChI is InChI=1S/C18H31N7O2/c1-16-13-21-25(14-16)4-3-20-18(19-2)24-7-5-22(6-8-24)15-17(26)23-9-11-27-12-10-23/h13-14H,3-12,15H2,1-2H3,(H,19,20). The van der Waals surface area contributed by atoms with Gasteiger partial charge in [0.2, 0.25) is 5.91 Å². The Morgan fingerprint density at radius 2 is 1.93 bits per heavy atom. The topological polar surface area (TPSA) is 78.2 Å². The normalized spacial score (nSPS) is 19.4. The number of aryl methyl sites for hydroxylation is 1. The summed E-state index contributed by atoms with van der Waals surface area (Å²) >= 11 is 0. The van der Waals surface area contributed by atoms with Crippen molar-refractivity contribution in [1.29, 1.82) is 0 Å². The average Bonchev–Trinajstić information content (AvgIpc) is 3.12. The fraction of sp³-hybridized carbons (Fsp3) is 0.722. The Balaban J connectivity index is 1.38. The zero-order valence-electron chi connectivity index (χ0n) is 16.4. The number of nitrogens with zero attached hydrogens (tertiary/aromatic N) is 6. The highest BCUT2D eigenvalue weighted by Gasteiger charge is 2.24. The van der Waals surface area contributed by atoms with Crippen LogP contribution >= 0.6 is 0 Å². The first kappa shape index (κ1) is 19.6. The third kappa shape index (κ3) is 5.67. The Labute approximate surface area is 161 Å². The third-order valence-corrected chi connectivity index (χ3v) is 4.99. The molecule has 2 fully saturated rings. The van der Waals surface area contributed by atoms with Crippen LogP contribution in [0.1, 0.15) is 5.56 Å². The molecule has 0 saturated carbocycles. The van der Waals surface area contributed by atoms with Crippen molar-refractivity contribution < 1.29 is 9.53 Å². The summed E-state index contributed by atoms with van der Waals surface area (Å²) in [5.74, 6) is 1.13. The molecule has 3 rings (SSSR count). The minimum atomic E-state index is 0.212. The number of amides is 1. The van der Waals surface area contributed by atoms with Crippen molar-refractivity contribution >= 4 is 11.9 Å². The van der Waals surface area contributed by atoms with Crippen molar-refractivity contribution in [2.24, 2.45) is 4.99 Å². The summed E-state index contributed by atoms with van der Waals surface area (Å²) < 4.78 is 7.25. The zero-order valence-corrected chi connectivity index (χ0v) is 16.4. The van der Waals surface area contributed by atoms with E-state index in [9.17, 15) is 4.79 Å². The van der Waals surface area contributed by atoms with Crippen LogP contribution < -0.4 is 5.32 Å². The molecule has 0 radical (unpaired) electrons. The van der Waals surface area contributed by atoms with E-state index in [1.165, 1.54) is 5.56 Å². The Bertz CT molecular complexity index is 631. The molecule has 2 aliphatic rings. The number of guanidine groups is 1. The summed E-state index contributed by atoms with van der Waals surface area (Å²) in [6.07, 6.45) is 3.90. The van der Waals surface area contributed by atoms with E-state index in [4.69, 9.17) is 4.74 Å². The zero-order chi connectivity index (χ0) is 19.1. The van der Waals surface area contributed by atoms with E-state index >= 15 is 0 Å². The van der Waals surface area contributed by atoms with E-state index < -0.39 is 0 Å². The number of hydrogen-bond donors (Lipinski definition) is 1. The molecule has 0 bridgehead atoms. The van der Waals surface area contributed by atoms with Gasteiger partial charge in [-0.3, -0.25) is 19.4 Å². The van der Waals surface area contributed by atoms with Crippen LogP contribution in [0.15, 0.2) is 17.4 Å². The van der Waals surface area contributed by atoms with E-state index in [1.807, 2.05) is 35.9 Å². The average molecular weight is 377 g/mol. The lowest BCUT2D eigenvalue weighted by Gasteiger charge is -2.37. The van der Waals surface area contributed by atoms with Crippen molar-refractivity contribution in [1.82, 2.24) is 29.8 Å². The first-order valence-corrected chi connectivity index (χ1v) is 9.68. The Morgan fingerprint density at radius 3 is 2.56 bits per heavy atom. The van der Waals surface area contributed by atoms with Crippen molar-refractivity contribution in [2.45, 2.75) is 13.5 Å². The maximum absolute atomic E-state index is 12.4. The van der Waals surface area contributed by atoms with Gasteiger partial charge in [0, 0.05) is 59.1 Å². The summed E-state index contributed by atoms with van der Waals surface area (Å²) in [5.41, 5.74) is 1.17. The lowest BCUT2D eigenvalue weighted by Crippen LogP contribution is -2.55. The molecule has 0 spiro atoms. The number of aromatic nitrogens is 2. The van der Waals surface area contributed by atoms with E-state index in [1.54, 1.807) is 0 Å². The molecular weight excluding hydrogens is 346 g/mol. The Hall–Kier alpha value is -2.13. The van der Waals surface area contributed by atoms with Gasteiger partial charge < -0.3 is 19.9 Å². The first-order valence-electron chi connectivity index (χ1n) is 9.68. The molecule has 0 unspecified atom stereocenters. The summed E-state index contributed by atoms with van der Waals surface area (Å²) in [6, 6.07) is 0. The number of rotatable bonds is 5. The molecule has 1 aromatic rings. The summed E-state index contributed by atoms with van der Waals surface area (Å²) in [6.45, 7) is 10.3. The molecule has 2 aliphatic heterocycles. The minimum absolute atomic E-state index is 0.212. The number of hydrogen-bond acceptors (Lipinski definition) is 5. The molecule has 0 aromatic carbocycles. The molecule has 1 amide bonds. The van der Waals surface area contributed by atoms with Crippen LogP contribution in [0.5, 0.6) is 0 Å². The highest BCUT2D eigenvalue weighted by molar-refractivity contribution is 5.80. The number of carbonyl (C=O) groups is 1. The molecule has 3 heterocycles. The van der Waals surface area contributed by atoms with Gasteiger partial charge in [0.25, 0.3) is 0 Å². The first-order chi connectivity index (χ1) is 13.2. The number of aliphatic imine (C=N–C) groups is 1. The van der Waals surface area contributed by atoms with Crippen LogP contribution in [0.25, 0.3) is 0 Å². The highest BCUT2D eigenvalue weighted by atomic mass is 16.5. The second kappa shape index (κ2) is 9.70. The summed E-state index contributed by atoms with van der Waals surface area (Å²) in [5, 5.41) is 7.71. The Morgan fingerprint density at radius 1 is 1.19 bits per heavy atom. The van der Waals surface area contributed by atoms with Crippen LogP contribution in [0.2, 0.25) is 0 Å². The summed E-state index contributed by atoms with van der Waals surface area (Å²) in [4.78, 5) is 23.2. The second-order valence-corrected chi connectivity index (χ2v) is 7.01. The molecule has 1 N–H and O–H groups in total. The fourth-order valence-corrected chi connectivity index (χ4v) is 3.43. The van der Waals surface area contributed by atoms with E-state index in [-0.39, 0.29) is 5.91 Å². The number of piperazine rings is 1. The summed E-state index contributed by atoms with van der Waals surface area (Å²) in [7, 11) is 1.81. The van der Waals surface area contributed by atoms with Gasteiger partial charge in [-0.2, -0.15) is 5.10 Å². The largest absolute Gasteiger partial charge is 0.378 e. The van der Waals surface area contributed by atoms with E-state index in [0.29, 0.717) is 32.8 Å². The van der Waals surface area contributed by atoms with Gasteiger partial charge in [0.1, 0.15) is 0 Å². The molecule has 27 heavy (non-hydrogen) atoms. The van der Waals surface area contributed by atoms with Crippen molar-refractivity contribution in [3.05, 3.63) is 18.0 Å². The maximum Gasteiger partial charge on any atom is 0.236 e. The number of ether oxygens (including phenoxy) is 1. The third-order valence-electron chi connectivity index (χ3n) is 4.99. The molecule has 9 heteroatoms. The lowest BCUT2D eigenvalue weighted by molar-refractivity contribution is -0.136. The smallest absolute Gasteiger partial charge is 0.236 e. The SMILES string of the molecule is CN=C(NCCn1cc(C)cn1)N1CCN(CC(=O)N2CCOCC2)CC1. The maximum atomic E-state index is 12.4. The predicted molar refractivity (Wildman–Crippen MR) is 104 cm³/mol. The fourth-order valence-electron chi connectivity index (χ4n) is 3.43. The number of carbonyl (C=O) groups excluding carboxylic acids is 1. The molecule has 0 atom stereocenters. The van der Waals surface area contributed by atoms with Gasteiger partial charge in [-0.1, -0.05) is 0 Å². The quantitative estimate of drug-likeness (QED) is 0.537. The van der Waals surface area contributed by atoms with Gasteiger partial charge in [0.15, 0.2) is 5.96 Å². The molecule has 2 saturated heterocycles. The Kier molecular flexibility index (Phi) is 7.05. The monoisotopic (exact) mass is 377 g/mol. The van der Waals surface area contributed by atoms with Gasteiger partial charge in [-0.15, -0.1) is 0 Å². The van der Waals surface area contributed by atoms with Crippen molar-refractivity contribution in [3.63, 3.8) is 0 Å². The molecular formula is C18H31N7O2. The van der Waals surface area contributed by atoms with Crippen LogP contribution in [0, 0.1) is 6.92 Å². The van der Waals surface area contributed by atoms with Crippen LogP contribution in [0.4, 0.5) is 0 Å². The predicted octanol–water partition coefficient (Wildman–Crippen LogP) is -0.757. The van der Waals surface area contributed by atoms with Gasteiger partial charge in [0.05, 0.1) is 32.5 Å². The van der Waals surface area contributed by atoms with Gasteiger partial charge in [-0.25, -0.2) is 0 Å². The van der Waals surface area contributed by atoms with Crippen LogP contribution in [-0.4, -0.2) is 109 Å². The van der Waals surface area contributed by atoms with Crippen molar-refractivity contribution in [2.75, 3.05) is 72.6 Å². The van der Waals surface area contributed by atoms with Crippen LogP contribution in [0.3, 0.4) is 0 Å². The molecule has 150 valence electrons. The van der Waals surface area contributed by atoms with Gasteiger partial charge in [-0.05, 0) is 12.5 Å². The lowest BCUT2D eigenvalue weighted by atomic mass is 10.3.